The fourth-order valence-corrected chi connectivity index (χ4v) is 3.17. The average molecular weight is 321 g/mol. The van der Waals surface area contributed by atoms with Gasteiger partial charge < -0.3 is 4.90 Å². The molecule has 0 spiro atoms. The third-order valence-corrected chi connectivity index (χ3v) is 4.31. The lowest BCUT2D eigenvalue weighted by atomic mass is 9.99. The van der Waals surface area contributed by atoms with Crippen molar-refractivity contribution in [2.75, 3.05) is 13.1 Å². The number of carbonyl (C=O) groups excluding carboxylic acids is 1. The van der Waals surface area contributed by atoms with Crippen LogP contribution in [0.4, 0.5) is 4.39 Å². The molecule has 1 fully saturated rings. The number of hydrogen-bond donors (Lipinski definition) is 0. The van der Waals surface area contributed by atoms with Crippen LogP contribution in [0.5, 0.6) is 0 Å². The van der Waals surface area contributed by atoms with Gasteiger partial charge in [-0.3, -0.25) is 9.69 Å². The van der Waals surface area contributed by atoms with Crippen LogP contribution in [0.1, 0.15) is 31.7 Å². The highest BCUT2D eigenvalue weighted by molar-refractivity contribution is 6.30. The van der Waals surface area contributed by atoms with Gasteiger partial charge in [-0.1, -0.05) is 11.6 Å². The van der Waals surface area contributed by atoms with Crippen molar-refractivity contribution in [1.82, 2.24) is 9.80 Å². The molecule has 0 atom stereocenters. The molecule has 22 heavy (non-hydrogen) atoms. The second-order valence-corrected chi connectivity index (χ2v) is 6.03. The van der Waals surface area contributed by atoms with E-state index in [4.69, 9.17) is 11.6 Å². The van der Waals surface area contributed by atoms with E-state index >= 15 is 0 Å². The molecular formula is C17H18ClFN2O. The van der Waals surface area contributed by atoms with Crippen LogP contribution < -0.4 is 0 Å². The molecule has 116 valence electrons. The van der Waals surface area contributed by atoms with E-state index in [9.17, 15) is 9.18 Å². The summed E-state index contributed by atoms with van der Waals surface area (Å²) < 4.78 is 14.1. The topological polar surface area (TPSA) is 23.6 Å². The molecule has 5 heteroatoms. The highest BCUT2D eigenvalue weighted by atomic mass is 35.5. The molecule has 2 heterocycles. The number of fused-ring (bicyclic) bond motifs is 1. The van der Waals surface area contributed by atoms with Crippen molar-refractivity contribution in [3.05, 3.63) is 52.7 Å². The van der Waals surface area contributed by atoms with Gasteiger partial charge in [0.25, 0.3) is 0 Å². The molecule has 0 radical (unpaired) electrons. The fraction of sp³-hybridized carbons (Fsp3) is 0.353. The van der Waals surface area contributed by atoms with E-state index in [1.807, 2.05) is 11.1 Å². The van der Waals surface area contributed by atoms with Gasteiger partial charge in [0.2, 0.25) is 5.91 Å². The van der Waals surface area contributed by atoms with Gasteiger partial charge in [-0.15, -0.1) is 0 Å². The molecule has 1 aromatic rings. The van der Waals surface area contributed by atoms with Crippen molar-refractivity contribution in [2.24, 2.45) is 0 Å². The number of amides is 1. The maximum absolute atomic E-state index is 14.1. The minimum Gasteiger partial charge on any atom is -0.333 e. The third-order valence-electron chi connectivity index (χ3n) is 4.08. The van der Waals surface area contributed by atoms with Crippen LogP contribution in [0.15, 0.2) is 36.3 Å². The van der Waals surface area contributed by atoms with E-state index in [1.54, 1.807) is 24.0 Å². The predicted octanol–water partition coefficient (Wildman–Crippen LogP) is 4.01. The SMILES string of the molecule is CC(=O)N1CCN2/C=C(/c3cc(Cl)ccc3F)CCC/C=C/21. The molecule has 2 aliphatic rings. The molecule has 0 aliphatic carbocycles. The van der Waals surface area contributed by atoms with Gasteiger partial charge in [0.05, 0.1) is 0 Å². The highest BCUT2D eigenvalue weighted by Gasteiger charge is 2.27. The maximum Gasteiger partial charge on any atom is 0.225 e. The molecule has 1 aromatic carbocycles. The highest BCUT2D eigenvalue weighted by Crippen LogP contribution is 2.31. The smallest absolute Gasteiger partial charge is 0.225 e. The molecule has 3 rings (SSSR count). The Balaban J connectivity index is 1.98. The minimum atomic E-state index is -0.260. The molecule has 0 aromatic heterocycles. The van der Waals surface area contributed by atoms with Crippen LogP contribution >= 0.6 is 11.6 Å². The first kappa shape index (κ1) is 15.1. The fourth-order valence-electron chi connectivity index (χ4n) is 2.99. The summed E-state index contributed by atoms with van der Waals surface area (Å²) >= 11 is 6.01. The Morgan fingerprint density at radius 3 is 2.91 bits per heavy atom. The van der Waals surface area contributed by atoms with Crippen LogP contribution in [0, 0.1) is 5.82 Å². The van der Waals surface area contributed by atoms with E-state index in [2.05, 4.69) is 6.08 Å². The van der Waals surface area contributed by atoms with Crippen molar-refractivity contribution in [1.29, 1.82) is 0 Å². The van der Waals surface area contributed by atoms with E-state index in [0.29, 0.717) is 17.1 Å². The molecule has 3 nitrogen and oxygen atoms in total. The summed E-state index contributed by atoms with van der Waals surface area (Å²) in [6.45, 7) is 2.98. The zero-order chi connectivity index (χ0) is 15.7. The Bertz CT molecular complexity index is 669. The second kappa shape index (κ2) is 6.13. The van der Waals surface area contributed by atoms with Crippen molar-refractivity contribution in [2.45, 2.75) is 26.2 Å². The monoisotopic (exact) mass is 320 g/mol. The van der Waals surface area contributed by atoms with Gasteiger partial charge in [0, 0.05) is 36.8 Å². The Kier molecular flexibility index (Phi) is 4.21. The number of benzene rings is 1. The van der Waals surface area contributed by atoms with Crippen LogP contribution in [-0.4, -0.2) is 28.8 Å². The summed E-state index contributed by atoms with van der Waals surface area (Å²) in [4.78, 5) is 15.5. The molecular weight excluding hydrogens is 303 g/mol. The van der Waals surface area contributed by atoms with E-state index in [-0.39, 0.29) is 11.7 Å². The van der Waals surface area contributed by atoms with Crippen LogP contribution in [0.3, 0.4) is 0 Å². The van der Waals surface area contributed by atoms with Gasteiger partial charge in [-0.05, 0) is 49.1 Å². The zero-order valence-corrected chi connectivity index (χ0v) is 13.2. The zero-order valence-electron chi connectivity index (χ0n) is 12.5. The lowest BCUT2D eigenvalue weighted by Gasteiger charge is -2.23. The maximum atomic E-state index is 14.1. The Morgan fingerprint density at radius 1 is 1.32 bits per heavy atom. The summed E-state index contributed by atoms with van der Waals surface area (Å²) in [5, 5.41) is 0.530. The standard InChI is InChI=1S/C17H18ClFN2O/c1-12(22)21-9-8-20-11-13(4-2-3-5-17(20)21)15-10-14(18)6-7-16(15)19/h5-7,10-11H,2-4,8-9H2,1H3/b13-11+,17-5-. The molecule has 1 amide bonds. The second-order valence-electron chi connectivity index (χ2n) is 5.60. The summed E-state index contributed by atoms with van der Waals surface area (Å²) in [5.41, 5.74) is 1.48. The van der Waals surface area contributed by atoms with Crippen molar-refractivity contribution in [3.63, 3.8) is 0 Å². The number of allylic oxidation sites excluding steroid dienone is 2. The summed E-state index contributed by atoms with van der Waals surface area (Å²) in [7, 11) is 0. The molecule has 0 unspecified atom stereocenters. The molecule has 0 N–H and O–H groups in total. The Hall–Kier alpha value is -1.81. The van der Waals surface area contributed by atoms with E-state index in [1.165, 1.54) is 6.07 Å². The summed E-state index contributed by atoms with van der Waals surface area (Å²) in [5.74, 6) is 0.690. The van der Waals surface area contributed by atoms with Crippen molar-refractivity contribution < 1.29 is 9.18 Å². The minimum absolute atomic E-state index is 0.0400. The molecule has 1 saturated heterocycles. The van der Waals surface area contributed by atoms with Crippen LogP contribution in [0.2, 0.25) is 5.02 Å². The van der Waals surface area contributed by atoms with Gasteiger partial charge in [-0.2, -0.15) is 0 Å². The van der Waals surface area contributed by atoms with Crippen molar-refractivity contribution in [3.8, 4) is 0 Å². The van der Waals surface area contributed by atoms with E-state index < -0.39 is 0 Å². The number of hydrogen-bond acceptors (Lipinski definition) is 2. The van der Waals surface area contributed by atoms with Gasteiger partial charge in [-0.25, -0.2) is 4.39 Å². The number of halogens is 2. The quantitative estimate of drug-likeness (QED) is 0.780. The number of nitrogens with zero attached hydrogens (tertiary/aromatic N) is 2. The number of carbonyl (C=O) groups is 1. The molecule has 2 aliphatic heterocycles. The first-order chi connectivity index (χ1) is 10.6. The van der Waals surface area contributed by atoms with Crippen LogP contribution in [-0.2, 0) is 4.79 Å². The lowest BCUT2D eigenvalue weighted by molar-refractivity contribution is -0.126. The molecule has 0 bridgehead atoms. The first-order valence-electron chi connectivity index (χ1n) is 7.47. The van der Waals surface area contributed by atoms with E-state index in [0.717, 1.165) is 37.2 Å². The Labute approximate surface area is 134 Å². The summed E-state index contributed by atoms with van der Waals surface area (Å²) in [6.07, 6.45) is 6.63. The third kappa shape index (κ3) is 2.88. The average Bonchev–Trinajstić information content (AvgIpc) is 2.83. The summed E-state index contributed by atoms with van der Waals surface area (Å²) in [6, 6.07) is 4.63. The normalized spacial score (nSPS) is 23.0. The van der Waals surface area contributed by atoms with Gasteiger partial charge in [0.15, 0.2) is 0 Å². The first-order valence-corrected chi connectivity index (χ1v) is 7.85. The number of rotatable bonds is 1. The molecule has 0 saturated carbocycles. The van der Waals surface area contributed by atoms with Gasteiger partial charge >= 0.3 is 0 Å². The lowest BCUT2D eigenvalue weighted by Crippen LogP contribution is -2.25. The van der Waals surface area contributed by atoms with Gasteiger partial charge in [0.1, 0.15) is 11.6 Å². The van der Waals surface area contributed by atoms with Crippen molar-refractivity contribution >= 4 is 23.1 Å². The predicted molar refractivity (Wildman–Crippen MR) is 85.4 cm³/mol. The van der Waals surface area contributed by atoms with Crippen LogP contribution in [0.25, 0.3) is 5.57 Å². The largest absolute Gasteiger partial charge is 0.333 e. The Morgan fingerprint density at radius 2 is 2.14 bits per heavy atom.